The SMILES string of the molecule is CC(C)c1[nH]c(=O)ccc1C(=O)N1CC[C@]2(c3ccccc3)[C@@H](C1)OCC(=O)N2C. The van der Waals surface area contributed by atoms with E-state index in [9.17, 15) is 14.4 Å². The molecule has 1 N–H and O–H groups in total. The number of fused-ring (bicyclic) bond motifs is 1. The van der Waals surface area contributed by atoms with Crippen molar-refractivity contribution in [3.8, 4) is 0 Å². The zero-order valence-electron chi connectivity index (χ0n) is 17.6. The zero-order chi connectivity index (χ0) is 21.5. The molecule has 2 atom stereocenters. The molecule has 0 unspecified atom stereocenters. The molecule has 1 aromatic carbocycles. The van der Waals surface area contributed by atoms with E-state index in [-0.39, 0.29) is 36.0 Å². The van der Waals surface area contributed by atoms with Gasteiger partial charge in [0.1, 0.15) is 12.7 Å². The van der Waals surface area contributed by atoms with Gasteiger partial charge in [-0.2, -0.15) is 0 Å². The van der Waals surface area contributed by atoms with Crippen LogP contribution >= 0.6 is 0 Å². The van der Waals surface area contributed by atoms with Gasteiger partial charge in [0.25, 0.3) is 5.91 Å². The van der Waals surface area contributed by atoms with Crippen molar-refractivity contribution in [3.63, 3.8) is 0 Å². The van der Waals surface area contributed by atoms with Crippen molar-refractivity contribution in [2.45, 2.75) is 37.8 Å². The van der Waals surface area contributed by atoms with E-state index in [1.807, 2.05) is 51.2 Å². The predicted molar refractivity (Wildman–Crippen MR) is 112 cm³/mol. The van der Waals surface area contributed by atoms with Crippen molar-refractivity contribution in [3.05, 3.63) is 69.6 Å². The lowest BCUT2D eigenvalue weighted by atomic mass is 9.76. The van der Waals surface area contributed by atoms with Crippen LogP contribution in [0.5, 0.6) is 0 Å². The monoisotopic (exact) mass is 409 g/mol. The summed E-state index contributed by atoms with van der Waals surface area (Å²) in [6, 6.07) is 12.9. The number of benzene rings is 1. The van der Waals surface area contributed by atoms with E-state index in [0.717, 1.165) is 5.56 Å². The maximum Gasteiger partial charge on any atom is 0.255 e. The molecule has 3 heterocycles. The number of amides is 2. The number of ether oxygens (including phenoxy) is 1. The number of aromatic nitrogens is 1. The fourth-order valence-corrected chi connectivity index (χ4v) is 4.71. The summed E-state index contributed by atoms with van der Waals surface area (Å²) < 4.78 is 5.99. The third-order valence-electron chi connectivity index (χ3n) is 6.38. The van der Waals surface area contributed by atoms with E-state index < -0.39 is 5.54 Å². The first-order valence-electron chi connectivity index (χ1n) is 10.3. The number of hydrogen-bond donors (Lipinski definition) is 1. The molecule has 7 nitrogen and oxygen atoms in total. The molecule has 2 fully saturated rings. The number of pyridine rings is 1. The lowest BCUT2D eigenvalue weighted by Gasteiger charge is -2.54. The van der Waals surface area contributed by atoms with Gasteiger partial charge in [0.05, 0.1) is 11.1 Å². The number of nitrogens with one attached hydrogen (secondary N) is 1. The van der Waals surface area contributed by atoms with Crippen LogP contribution in [0, 0.1) is 0 Å². The molecule has 0 spiro atoms. The standard InChI is InChI=1S/C23H27N3O4/c1-15(2)21-17(9-10-19(27)24-21)22(29)26-12-11-23(16-7-5-4-6-8-16)18(13-26)30-14-20(28)25(23)3/h4-10,15,18H,11-14H2,1-3H3,(H,24,27)/t18-,23+/m1/s1. The minimum absolute atomic E-state index is 0.00762. The van der Waals surface area contributed by atoms with Gasteiger partial charge in [0, 0.05) is 31.9 Å². The summed E-state index contributed by atoms with van der Waals surface area (Å²) >= 11 is 0. The minimum atomic E-state index is -0.598. The minimum Gasteiger partial charge on any atom is -0.364 e. The van der Waals surface area contributed by atoms with Gasteiger partial charge in [-0.25, -0.2) is 0 Å². The number of H-pyrrole nitrogens is 1. The average Bonchev–Trinajstić information content (AvgIpc) is 2.76. The molecule has 0 saturated carbocycles. The lowest BCUT2D eigenvalue weighted by molar-refractivity contribution is -0.180. The second-order valence-corrected chi connectivity index (χ2v) is 8.35. The second kappa shape index (κ2) is 7.72. The van der Waals surface area contributed by atoms with Crippen LogP contribution in [0.4, 0.5) is 0 Å². The molecule has 30 heavy (non-hydrogen) atoms. The molecule has 2 aromatic rings. The Morgan fingerprint density at radius 1 is 1.17 bits per heavy atom. The molecule has 0 aliphatic carbocycles. The number of carbonyl (C=O) groups is 2. The largest absolute Gasteiger partial charge is 0.364 e. The first kappa shape index (κ1) is 20.3. The van der Waals surface area contributed by atoms with Gasteiger partial charge in [0.15, 0.2) is 0 Å². The van der Waals surface area contributed by atoms with Gasteiger partial charge in [-0.3, -0.25) is 14.4 Å². The van der Waals surface area contributed by atoms with Crippen LogP contribution < -0.4 is 5.56 Å². The van der Waals surface area contributed by atoms with Gasteiger partial charge in [-0.1, -0.05) is 44.2 Å². The summed E-state index contributed by atoms with van der Waals surface area (Å²) in [4.78, 5) is 44.0. The highest BCUT2D eigenvalue weighted by molar-refractivity contribution is 5.95. The van der Waals surface area contributed by atoms with E-state index in [4.69, 9.17) is 4.74 Å². The third-order valence-corrected chi connectivity index (χ3v) is 6.38. The highest BCUT2D eigenvalue weighted by Gasteiger charge is 2.53. The van der Waals surface area contributed by atoms with Crippen molar-refractivity contribution in [2.75, 3.05) is 26.7 Å². The Hall–Kier alpha value is -2.93. The number of nitrogens with zero attached hydrogens (tertiary/aromatic N) is 2. The Morgan fingerprint density at radius 3 is 2.60 bits per heavy atom. The van der Waals surface area contributed by atoms with Crippen molar-refractivity contribution < 1.29 is 14.3 Å². The van der Waals surface area contributed by atoms with Crippen molar-refractivity contribution in [1.82, 2.24) is 14.8 Å². The van der Waals surface area contributed by atoms with Gasteiger partial charge in [0.2, 0.25) is 11.5 Å². The number of piperidine rings is 1. The number of likely N-dealkylation sites (N-methyl/N-ethyl adjacent to an activating group) is 1. The maximum absolute atomic E-state index is 13.4. The fraction of sp³-hybridized carbons (Fsp3) is 0.435. The van der Waals surface area contributed by atoms with Crippen LogP contribution in [0.1, 0.15) is 47.8 Å². The van der Waals surface area contributed by atoms with Crippen LogP contribution in [-0.4, -0.2) is 59.4 Å². The van der Waals surface area contributed by atoms with Gasteiger partial charge < -0.3 is 19.5 Å². The van der Waals surface area contributed by atoms with Gasteiger partial charge >= 0.3 is 0 Å². The van der Waals surface area contributed by atoms with Crippen molar-refractivity contribution in [1.29, 1.82) is 0 Å². The van der Waals surface area contributed by atoms with E-state index in [1.165, 1.54) is 6.07 Å². The Balaban J connectivity index is 1.67. The van der Waals surface area contributed by atoms with E-state index in [0.29, 0.717) is 30.8 Å². The smallest absolute Gasteiger partial charge is 0.255 e. The van der Waals surface area contributed by atoms with E-state index >= 15 is 0 Å². The lowest BCUT2D eigenvalue weighted by Crippen LogP contribution is -2.67. The van der Waals surface area contributed by atoms with Gasteiger partial charge in [-0.05, 0) is 24.0 Å². The molecule has 4 rings (SSSR count). The molecule has 7 heteroatoms. The Morgan fingerprint density at radius 2 is 1.90 bits per heavy atom. The van der Waals surface area contributed by atoms with Gasteiger partial charge in [-0.15, -0.1) is 0 Å². The first-order chi connectivity index (χ1) is 14.3. The molecular weight excluding hydrogens is 382 g/mol. The van der Waals surface area contributed by atoms with E-state index in [2.05, 4.69) is 4.98 Å². The fourth-order valence-electron chi connectivity index (χ4n) is 4.71. The predicted octanol–water partition coefficient (Wildman–Crippen LogP) is 2.10. The molecule has 2 amide bonds. The Labute approximate surface area is 175 Å². The van der Waals surface area contributed by atoms with Crippen molar-refractivity contribution >= 4 is 11.8 Å². The number of carbonyl (C=O) groups excluding carboxylic acids is 2. The van der Waals surface area contributed by atoms with Crippen LogP contribution in [0.2, 0.25) is 0 Å². The zero-order valence-corrected chi connectivity index (χ0v) is 17.6. The average molecular weight is 409 g/mol. The number of hydrogen-bond acceptors (Lipinski definition) is 4. The van der Waals surface area contributed by atoms with Crippen LogP contribution in [0.15, 0.2) is 47.3 Å². The van der Waals surface area contributed by atoms with Crippen LogP contribution in [0.25, 0.3) is 0 Å². The second-order valence-electron chi connectivity index (χ2n) is 8.35. The summed E-state index contributed by atoms with van der Waals surface area (Å²) in [6.07, 6.45) is 0.251. The summed E-state index contributed by atoms with van der Waals surface area (Å²) in [6.45, 7) is 4.77. The molecule has 158 valence electrons. The number of rotatable bonds is 3. The molecule has 2 saturated heterocycles. The highest BCUT2D eigenvalue weighted by Crippen LogP contribution is 2.42. The van der Waals surface area contributed by atoms with Crippen molar-refractivity contribution in [2.24, 2.45) is 0 Å². The third kappa shape index (κ3) is 3.23. The Bertz CT molecular complexity index is 1020. The summed E-state index contributed by atoms with van der Waals surface area (Å²) in [5.74, 6) is -0.168. The van der Waals surface area contributed by atoms with Crippen LogP contribution in [-0.2, 0) is 15.1 Å². The molecule has 2 aliphatic rings. The first-order valence-corrected chi connectivity index (χ1v) is 10.3. The number of morpholine rings is 1. The molecule has 2 aliphatic heterocycles. The summed E-state index contributed by atoms with van der Waals surface area (Å²) in [7, 11) is 1.82. The number of aromatic amines is 1. The highest BCUT2D eigenvalue weighted by atomic mass is 16.5. The maximum atomic E-state index is 13.4. The molecule has 0 radical (unpaired) electrons. The normalized spacial score (nSPS) is 24.1. The summed E-state index contributed by atoms with van der Waals surface area (Å²) in [5, 5.41) is 0. The Kier molecular flexibility index (Phi) is 5.24. The quantitative estimate of drug-likeness (QED) is 0.842. The van der Waals surface area contributed by atoms with E-state index in [1.54, 1.807) is 15.9 Å². The van der Waals surface area contributed by atoms with Crippen LogP contribution in [0.3, 0.4) is 0 Å². The summed E-state index contributed by atoms with van der Waals surface area (Å²) in [5.41, 5.74) is 1.36. The molecular formula is C23H27N3O4. The topological polar surface area (TPSA) is 82.7 Å². The molecule has 1 aromatic heterocycles. The number of likely N-dealkylation sites (tertiary alicyclic amines) is 1. The molecule has 0 bridgehead atoms.